The molecule has 2 aliphatic rings. The van der Waals surface area contributed by atoms with E-state index in [2.05, 4.69) is 13.0 Å². The van der Waals surface area contributed by atoms with E-state index in [1.54, 1.807) is 11.3 Å². The lowest BCUT2D eigenvalue weighted by Crippen LogP contribution is -2.42. The van der Waals surface area contributed by atoms with E-state index in [1.165, 1.54) is 5.56 Å². The van der Waals surface area contributed by atoms with Crippen molar-refractivity contribution in [3.63, 3.8) is 0 Å². The SMILES string of the molecule is CCc1ccsc1C(=O)C1CCOC2(CCOC2)C1. The molecule has 2 aliphatic heterocycles. The molecule has 1 aromatic rings. The van der Waals surface area contributed by atoms with Crippen LogP contribution in [0.4, 0.5) is 0 Å². The number of Topliss-reactive ketones (excluding diaryl/α,β-unsaturated/α-hetero) is 1. The molecule has 2 unspecified atom stereocenters. The van der Waals surface area contributed by atoms with Crippen LogP contribution >= 0.6 is 11.3 Å². The summed E-state index contributed by atoms with van der Waals surface area (Å²) < 4.78 is 11.4. The molecule has 0 N–H and O–H groups in total. The molecule has 0 aromatic carbocycles. The third kappa shape index (κ3) is 2.49. The molecule has 3 heterocycles. The summed E-state index contributed by atoms with van der Waals surface area (Å²) in [6.45, 7) is 4.21. The maximum atomic E-state index is 12.7. The Morgan fingerprint density at radius 2 is 2.42 bits per heavy atom. The lowest BCUT2D eigenvalue weighted by molar-refractivity contribution is -0.0920. The van der Waals surface area contributed by atoms with Crippen LogP contribution in [0.1, 0.15) is 41.4 Å². The van der Waals surface area contributed by atoms with Crippen molar-refractivity contribution in [2.45, 2.75) is 38.2 Å². The number of hydrogen-bond donors (Lipinski definition) is 0. The van der Waals surface area contributed by atoms with Gasteiger partial charge in [-0.05, 0) is 36.3 Å². The van der Waals surface area contributed by atoms with Crippen LogP contribution in [0, 0.1) is 5.92 Å². The zero-order chi connectivity index (χ0) is 13.3. The van der Waals surface area contributed by atoms with Crippen LogP contribution in [0.3, 0.4) is 0 Å². The van der Waals surface area contributed by atoms with E-state index < -0.39 is 0 Å². The molecule has 0 bridgehead atoms. The summed E-state index contributed by atoms with van der Waals surface area (Å²) in [5.41, 5.74) is 1.01. The molecule has 1 spiro atoms. The summed E-state index contributed by atoms with van der Waals surface area (Å²) in [5.74, 6) is 0.431. The minimum atomic E-state index is -0.178. The van der Waals surface area contributed by atoms with E-state index in [1.807, 2.05) is 5.38 Å². The highest BCUT2D eigenvalue weighted by Gasteiger charge is 2.43. The molecule has 104 valence electrons. The first-order chi connectivity index (χ1) is 9.24. The highest BCUT2D eigenvalue weighted by molar-refractivity contribution is 7.12. The van der Waals surface area contributed by atoms with Crippen molar-refractivity contribution >= 4 is 17.1 Å². The van der Waals surface area contributed by atoms with Crippen LogP contribution in [0.15, 0.2) is 11.4 Å². The Hall–Kier alpha value is -0.710. The lowest BCUT2D eigenvalue weighted by atomic mass is 9.82. The number of rotatable bonds is 3. The highest BCUT2D eigenvalue weighted by atomic mass is 32.1. The Kier molecular flexibility index (Phi) is 3.74. The second-order valence-corrected chi connectivity index (χ2v) is 6.43. The number of ketones is 1. The monoisotopic (exact) mass is 280 g/mol. The van der Waals surface area contributed by atoms with Crippen molar-refractivity contribution < 1.29 is 14.3 Å². The van der Waals surface area contributed by atoms with Gasteiger partial charge in [-0.2, -0.15) is 0 Å². The van der Waals surface area contributed by atoms with Gasteiger partial charge in [-0.3, -0.25) is 4.79 Å². The van der Waals surface area contributed by atoms with Crippen LogP contribution in [-0.2, 0) is 15.9 Å². The number of thiophene rings is 1. The highest BCUT2D eigenvalue weighted by Crippen LogP contribution is 2.38. The summed E-state index contributed by atoms with van der Waals surface area (Å²) in [6, 6.07) is 2.08. The Morgan fingerprint density at radius 3 is 3.16 bits per heavy atom. The van der Waals surface area contributed by atoms with E-state index >= 15 is 0 Å². The van der Waals surface area contributed by atoms with Crippen LogP contribution in [0.25, 0.3) is 0 Å². The molecule has 2 saturated heterocycles. The molecule has 0 amide bonds. The largest absolute Gasteiger partial charge is 0.378 e. The van der Waals surface area contributed by atoms with Crippen molar-refractivity contribution in [2.24, 2.45) is 5.92 Å². The van der Waals surface area contributed by atoms with Crippen molar-refractivity contribution in [3.8, 4) is 0 Å². The zero-order valence-electron chi connectivity index (χ0n) is 11.3. The predicted molar refractivity (Wildman–Crippen MR) is 74.9 cm³/mol. The molecule has 2 fully saturated rings. The summed E-state index contributed by atoms with van der Waals surface area (Å²) in [5, 5.41) is 2.03. The Bertz CT molecular complexity index is 460. The molecule has 3 rings (SSSR count). The first kappa shape index (κ1) is 13.3. The molecule has 0 radical (unpaired) electrons. The maximum absolute atomic E-state index is 12.7. The first-order valence-corrected chi connectivity index (χ1v) is 7.94. The number of hydrogen-bond acceptors (Lipinski definition) is 4. The van der Waals surface area contributed by atoms with Gasteiger partial charge in [0, 0.05) is 25.6 Å². The third-order valence-corrected chi connectivity index (χ3v) is 5.25. The number of carbonyl (C=O) groups is 1. The second kappa shape index (κ2) is 5.35. The Balaban J connectivity index is 1.76. The fourth-order valence-corrected chi connectivity index (χ4v) is 4.15. The lowest BCUT2D eigenvalue weighted by Gasteiger charge is -2.36. The Morgan fingerprint density at radius 1 is 1.53 bits per heavy atom. The summed E-state index contributed by atoms with van der Waals surface area (Å²) in [7, 11) is 0. The number of ether oxygens (including phenoxy) is 2. The van der Waals surface area contributed by atoms with Crippen LogP contribution < -0.4 is 0 Å². The summed E-state index contributed by atoms with van der Waals surface area (Å²) in [4.78, 5) is 13.7. The minimum absolute atomic E-state index is 0.111. The van der Waals surface area contributed by atoms with Crippen LogP contribution in [0.5, 0.6) is 0 Å². The van der Waals surface area contributed by atoms with Crippen molar-refractivity contribution in [3.05, 3.63) is 21.9 Å². The van der Waals surface area contributed by atoms with Crippen molar-refractivity contribution in [2.75, 3.05) is 19.8 Å². The van der Waals surface area contributed by atoms with Gasteiger partial charge in [-0.15, -0.1) is 11.3 Å². The van der Waals surface area contributed by atoms with Gasteiger partial charge in [0.2, 0.25) is 0 Å². The topological polar surface area (TPSA) is 35.5 Å². The van der Waals surface area contributed by atoms with E-state index in [9.17, 15) is 4.79 Å². The van der Waals surface area contributed by atoms with Crippen molar-refractivity contribution in [1.82, 2.24) is 0 Å². The number of carbonyl (C=O) groups excluding carboxylic acids is 1. The predicted octanol–water partition coefficient (Wildman–Crippen LogP) is 3.08. The van der Waals surface area contributed by atoms with Gasteiger partial charge in [0.15, 0.2) is 5.78 Å². The van der Waals surface area contributed by atoms with Crippen LogP contribution in [-0.4, -0.2) is 31.2 Å². The minimum Gasteiger partial charge on any atom is -0.378 e. The molecular formula is C15H20O3S. The summed E-state index contributed by atoms with van der Waals surface area (Å²) in [6.07, 6.45) is 3.54. The van der Waals surface area contributed by atoms with Gasteiger partial charge in [0.25, 0.3) is 0 Å². The molecule has 3 nitrogen and oxygen atoms in total. The zero-order valence-corrected chi connectivity index (χ0v) is 12.1. The van der Waals surface area contributed by atoms with Gasteiger partial charge in [0.05, 0.1) is 17.1 Å². The van der Waals surface area contributed by atoms with E-state index in [0.29, 0.717) is 19.0 Å². The molecule has 0 aliphatic carbocycles. The molecule has 19 heavy (non-hydrogen) atoms. The maximum Gasteiger partial charge on any atom is 0.176 e. The smallest absolute Gasteiger partial charge is 0.176 e. The summed E-state index contributed by atoms with van der Waals surface area (Å²) >= 11 is 1.59. The van der Waals surface area contributed by atoms with Gasteiger partial charge in [-0.25, -0.2) is 0 Å². The standard InChI is InChI=1S/C15H20O3S/c1-2-11-4-8-19-14(11)13(16)12-3-6-18-15(9-12)5-7-17-10-15/h4,8,12H,2-3,5-7,9-10H2,1H3. The third-order valence-electron chi connectivity index (χ3n) is 4.28. The van der Waals surface area contributed by atoms with Gasteiger partial charge in [0.1, 0.15) is 0 Å². The fraction of sp³-hybridized carbons (Fsp3) is 0.667. The van der Waals surface area contributed by atoms with Gasteiger partial charge >= 0.3 is 0 Å². The molecule has 0 saturated carbocycles. The average molecular weight is 280 g/mol. The molecule has 1 aromatic heterocycles. The first-order valence-electron chi connectivity index (χ1n) is 7.06. The van der Waals surface area contributed by atoms with Crippen LogP contribution in [0.2, 0.25) is 0 Å². The average Bonchev–Trinajstić information content (AvgIpc) is 3.07. The molecule has 4 heteroatoms. The van der Waals surface area contributed by atoms with E-state index in [0.717, 1.165) is 37.2 Å². The van der Waals surface area contributed by atoms with Gasteiger partial charge in [-0.1, -0.05) is 6.92 Å². The Labute approximate surface area is 117 Å². The quantitative estimate of drug-likeness (QED) is 0.798. The second-order valence-electron chi connectivity index (χ2n) is 5.52. The fourth-order valence-electron chi connectivity index (χ4n) is 3.13. The molecular weight excluding hydrogens is 260 g/mol. The normalized spacial score (nSPS) is 30.9. The molecule has 2 atom stereocenters. The van der Waals surface area contributed by atoms with Crippen molar-refractivity contribution in [1.29, 1.82) is 0 Å². The van der Waals surface area contributed by atoms with E-state index in [4.69, 9.17) is 9.47 Å². The van der Waals surface area contributed by atoms with E-state index in [-0.39, 0.29) is 11.5 Å². The number of aryl methyl sites for hydroxylation is 1. The van der Waals surface area contributed by atoms with Gasteiger partial charge < -0.3 is 9.47 Å².